The number of ether oxygens (including phenoxy) is 2. The Morgan fingerprint density at radius 2 is 1.54 bits per heavy atom. The van der Waals surface area contributed by atoms with Gasteiger partial charge in [-0.15, -0.1) is 0 Å². The third kappa shape index (κ3) is 2.10. The van der Waals surface area contributed by atoms with Gasteiger partial charge in [-0.1, -0.05) is 36.4 Å². The fourth-order valence-electron chi connectivity index (χ4n) is 4.07. The molecule has 0 amide bonds. The molecule has 0 aliphatic heterocycles. The second-order valence-electron chi connectivity index (χ2n) is 6.68. The molecular weight excluding hydrogens is 322 g/mol. The number of hydrogen-bond donors (Lipinski definition) is 0. The molecule has 3 nitrogen and oxygen atoms in total. The van der Waals surface area contributed by atoms with E-state index in [0.29, 0.717) is 0 Å². The molecule has 26 heavy (non-hydrogen) atoms. The minimum Gasteiger partial charge on any atom is -0.496 e. The number of fused-ring (bicyclic) bond motifs is 6. The lowest BCUT2D eigenvalue weighted by atomic mass is 9.85. The third-order valence-electron chi connectivity index (χ3n) is 5.34. The van der Waals surface area contributed by atoms with Gasteiger partial charge in [-0.2, -0.15) is 0 Å². The summed E-state index contributed by atoms with van der Waals surface area (Å²) in [6, 6.07) is 19.1. The maximum absolute atomic E-state index is 5.58. The van der Waals surface area contributed by atoms with Crippen LogP contribution in [0.5, 0.6) is 11.5 Å². The van der Waals surface area contributed by atoms with E-state index >= 15 is 0 Å². The molecular formula is C23H19NO2. The Bertz CT molecular complexity index is 1160. The predicted molar refractivity (Wildman–Crippen MR) is 105 cm³/mol. The Hall–Kier alpha value is -3.07. The highest BCUT2D eigenvalue weighted by molar-refractivity contribution is 6.01. The molecule has 1 heterocycles. The molecule has 0 saturated carbocycles. The highest BCUT2D eigenvalue weighted by Gasteiger charge is 2.22. The van der Waals surface area contributed by atoms with Crippen LogP contribution in [-0.2, 0) is 12.8 Å². The van der Waals surface area contributed by atoms with Crippen LogP contribution in [0.4, 0.5) is 0 Å². The average molecular weight is 341 g/mol. The molecule has 0 saturated heterocycles. The summed E-state index contributed by atoms with van der Waals surface area (Å²) in [6.45, 7) is 0. The molecule has 0 bridgehead atoms. The second-order valence-corrected chi connectivity index (χ2v) is 6.68. The zero-order chi connectivity index (χ0) is 17.7. The normalized spacial score (nSPS) is 12.7. The first-order valence-electron chi connectivity index (χ1n) is 8.86. The van der Waals surface area contributed by atoms with Gasteiger partial charge in [-0.25, -0.2) is 4.98 Å². The average Bonchev–Trinajstić information content (AvgIpc) is 2.71. The summed E-state index contributed by atoms with van der Waals surface area (Å²) >= 11 is 0. The van der Waals surface area contributed by atoms with Crippen molar-refractivity contribution in [2.75, 3.05) is 14.2 Å². The summed E-state index contributed by atoms with van der Waals surface area (Å²) in [5.41, 5.74) is 5.82. The molecule has 3 heteroatoms. The maximum atomic E-state index is 5.58. The van der Waals surface area contributed by atoms with Gasteiger partial charge in [-0.05, 0) is 52.9 Å². The lowest BCUT2D eigenvalue weighted by Crippen LogP contribution is -2.07. The maximum Gasteiger partial charge on any atom is 0.145 e. The van der Waals surface area contributed by atoms with Gasteiger partial charge < -0.3 is 9.47 Å². The van der Waals surface area contributed by atoms with Gasteiger partial charge in [0.15, 0.2) is 0 Å². The van der Waals surface area contributed by atoms with Crippen LogP contribution in [0.2, 0.25) is 0 Å². The number of pyridine rings is 1. The minimum atomic E-state index is 0.774. The van der Waals surface area contributed by atoms with Crippen LogP contribution in [-0.4, -0.2) is 19.2 Å². The van der Waals surface area contributed by atoms with Gasteiger partial charge >= 0.3 is 0 Å². The Labute approximate surface area is 152 Å². The first-order chi connectivity index (χ1) is 12.8. The molecule has 128 valence electrons. The monoisotopic (exact) mass is 341 g/mol. The topological polar surface area (TPSA) is 31.4 Å². The Balaban J connectivity index is 1.89. The van der Waals surface area contributed by atoms with E-state index < -0.39 is 0 Å². The molecule has 0 atom stereocenters. The molecule has 1 aliphatic rings. The van der Waals surface area contributed by atoms with Gasteiger partial charge in [0.25, 0.3) is 0 Å². The van der Waals surface area contributed by atoms with Crippen LogP contribution < -0.4 is 9.47 Å². The van der Waals surface area contributed by atoms with Crippen LogP contribution in [0.3, 0.4) is 0 Å². The molecule has 5 rings (SSSR count). The van der Waals surface area contributed by atoms with Crippen LogP contribution in [0.25, 0.3) is 32.9 Å². The zero-order valence-electron chi connectivity index (χ0n) is 14.9. The van der Waals surface area contributed by atoms with Crippen molar-refractivity contribution in [2.24, 2.45) is 0 Å². The van der Waals surface area contributed by atoms with E-state index in [1.165, 1.54) is 27.5 Å². The Morgan fingerprint density at radius 1 is 0.769 bits per heavy atom. The van der Waals surface area contributed by atoms with Crippen molar-refractivity contribution >= 4 is 21.7 Å². The number of rotatable bonds is 2. The minimum absolute atomic E-state index is 0.774. The smallest absolute Gasteiger partial charge is 0.145 e. The number of benzene rings is 3. The van der Waals surface area contributed by atoms with E-state index in [1.54, 1.807) is 14.2 Å². The molecule has 0 radical (unpaired) electrons. The number of aryl methyl sites for hydroxylation is 2. The SMILES string of the molecule is COc1ccc(OC)c2nc3c(cc12)CCc1ccc2ccccc2c1-3. The van der Waals surface area contributed by atoms with Crippen molar-refractivity contribution in [3.05, 3.63) is 65.7 Å². The highest BCUT2D eigenvalue weighted by Crippen LogP contribution is 2.41. The molecule has 1 aromatic heterocycles. The van der Waals surface area contributed by atoms with Crippen LogP contribution in [0.1, 0.15) is 11.1 Å². The zero-order valence-corrected chi connectivity index (χ0v) is 14.9. The molecule has 0 spiro atoms. The standard InChI is InChI=1S/C23H19NO2/c1-25-19-11-12-20(26-2)23-18(19)13-16-10-9-15-8-7-14-5-3-4-6-17(14)21(15)22(16)24-23/h3-8,11-13H,9-10H2,1-2H3. The van der Waals surface area contributed by atoms with Crippen molar-refractivity contribution < 1.29 is 9.47 Å². The molecule has 1 aliphatic carbocycles. The van der Waals surface area contributed by atoms with Crippen LogP contribution in [0, 0.1) is 0 Å². The summed E-state index contributed by atoms with van der Waals surface area (Å²) in [6.07, 6.45) is 2.02. The van der Waals surface area contributed by atoms with Crippen molar-refractivity contribution in [3.63, 3.8) is 0 Å². The van der Waals surface area contributed by atoms with Crippen molar-refractivity contribution in [2.45, 2.75) is 12.8 Å². The first-order valence-corrected chi connectivity index (χ1v) is 8.86. The molecule has 3 aromatic carbocycles. The molecule has 4 aromatic rings. The molecule has 0 unspecified atom stereocenters. The van der Waals surface area contributed by atoms with Gasteiger partial charge in [0.2, 0.25) is 0 Å². The summed E-state index contributed by atoms with van der Waals surface area (Å²) in [5.74, 6) is 1.61. The number of hydrogen-bond acceptors (Lipinski definition) is 3. The molecule has 0 N–H and O–H groups in total. The predicted octanol–water partition coefficient (Wildman–Crippen LogP) is 5.17. The summed E-state index contributed by atoms with van der Waals surface area (Å²) in [4.78, 5) is 5.08. The lowest BCUT2D eigenvalue weighted by Gasteiger charge is -2.22. The fraction of sp³-hybridized carbons (Fsp3) is 0.174. The van der Waals surface area contributed by atoms with E-state index in [1.807, 2.05) is 12.1 Å². The number of methoxy groups -OCH3 is 2. The van der Waals surface area contributed by atoms with Crippen molar-refractivity contribution in [1.29, 1.82) is 0 Å². The largest absolute Gasteiger partial charge is 0.496 e. The number of aromatic nitrogens is 1. The molecule has 0 fully saturated rings. The second kappa shape index (κ2) is 5.73. The van der Waals surface area contributed by atoms with Gasteiger partial charge in [0.1, 0.15) is 17.0 Å². The van der Waals surface area contributed by atoms with E-state index in [2.05, 4.69) is 42.5 Å². The van der Waals surface area contributed by atoms with Crippen LogP contribution >= 0.6 is 0 Å². The van der Waals surface area contributed by atoms with Crippen molar-refractivity contribution in [1.82, 2.24) is 4.98 Å². The Kier molecular flexibility index (Phi) is 3.35. The summed E-state index contributed by atoms with van der Waals surface area (Å²) in [7, 11) is 3.38. The van der Waals surface area contributed by atoms with Crippen molar-refractivity contribution in [3.8, 4) is 22.8 Å². The Morgan fingerprint density at radius 3 is 2.38 bits per heavy atom. The summed E-state index contributed by atoms with van der Waals surface area (Å²) < 4.78 is 11.1. The van der Waals surface area contributed by atoms with E-state index in [0.717, 1.165) is 40.9 Å². The third-order valence-corrected chi connectivity index (χ3v) is 5.34. The van der Waals surface area contributed by atoms with E-state index in [9.17, 15) is 0 Å². The first kappa shape index (κ1) is 15.2. The van der Waals surface area contributed by atoms with Gasteiger partial charge in [0, 0.05) is 10.9 Å². The quantitative estimate of drug-likeness (QED) is 0.504. The van der Waals surface area contributed by atoms with Crippen LogP contribution in [0.15, 0.2) is 54.6 Å². The van der Waals surface area contributed by atoms with E-state index in [4.69, 9.17) is 14.5 Å². The fourth-order valence-corrected chi connectivity index (χ4v) is 4.07. The summed E-state index contributed by atoms with van der Waals surface area (Å²) in [5, 5.41) is 3.52. The van der Waals surface area contributed by atoms with Gasteiger partial charge in [-0.3, -0.25) is 0 Å². The highest BCUT2D eigenvalue weighted by atomic mass is 16.5. The lowest BCUT2D eigenvalue weighted by molar-refractivity contribution is 0.409. The van der Waals surface area contributed by atoms with E-state index in [-0.39, 0.29) is 0 Å². The van der Waals surface area contributed by atoms with Gasteiger partial charge in [0.05, 0.1) is 19.9 Å². The number of nitrogens with zero attached hydrogens (tertiary/aromatic N) is 1.